The Balaban J connectivity index is 1.90. The fraction of sp³-hybridized carbons (Fsp3) is 0.333. The molecule has 8 heteroatoms. The number of nitrogens with zero attached hydrogens (tertiary/aromatic N) is 3. The lowest BCUT2D eigenvalue weighted by atomic mass is 10.2. The van der Waals surface area contributed by atoms with Crippen LogP contribution in [0.3, 0.4) is 0 Å². The summed E-state index contributed by atoms with van der Waals surface area (Å²) >= 11 is 1.56. The number of amides is 1. The standard InChI is InChI=1S/C15H14F3N3OS/c16-10-2-3-13-12(8-10)21(5-1-7-23-13)15(22)11-4-6-20(19-11)9-14(17)18/h2-4,6,8,14H,1,5,7,9H2. The molecule has 0 atom stereocenters. The number of carbonyl (C=O) groups excluding carboxylic acids is 1. The van der Waals surface area contributed by atoms with E-state index in [1.807, 2.05) is 0 Å². The summed E-state index contributed by atoms with van der Waals surface area (Å²) in [6, 6.07) is 5.73. The lowest BCUT2D eigenvalue weighted by molar-refractivity contribution is 0.0975. The van der Waals surface area contributed by atoms with Gasteiger partial charge in [0.25, 0.3) is 12.3 Å². The largest absolute Gasteiger partial charge is 0.306 e. The molecule has 0 aliphatic carbocycles. The van der Waals surface area contributed by atoms with Gasteiger partial charge >= 0.3 is 0 Å². The van der Waals surface area contributed by atoms with Crippen LogP contribution in [0.4, 0.5) is 18.9 Å². The van der Waals surface area contributed by atoms with Gasteiger partial charge in [-0.2, -0.15) is 5.10 Å². The van der Waals surface area contributed by atoms with Crippen LogP contribution >= 0.6 is 11.8 Å². The van der Waals surface area contributed by atoms with Gasteiger partial charge in [-0.05, 0) is 36.4 Å². The molecule has 0 bridgehead atoms. The monoisotopic (exact) mass is 341 g/mol. The van der Waals surface area contributed by atoms with Crippen molar-refractivity contribution in [1.29, 1.82) is 0 Å². The predicted octanol–water partition coefficient (Wildman–Crippen LogP) is 3.43. The van der Waals surface area contributed by atoms with E-state index in [1.165, 1.54) is 29.3 Å². The molecule has 1 aromatic heterocycles. The maximum atomic E-state index is 13.6. The third kappa shape index (κ3) is 3.52. The molecule has 0 saturated heterocycles. The number of hydrogen-bond acceptors (Lipinski definition) is 3. The van der Waals surface area contributed by atoms with E-state index in [2.05, 4.69) is 5.10 Å². The summed E-state index contributed by atoms with van der Waals surface area (Å²) in [4.78, 5) is 14.9. The summed E-state index contributed by atoms with van der Waals surface area (Å²) in [6.07, 6.45) is -0.439. The Kier molecular flexibility index (Phi) is 4.61. The molecule has 2 heterocycles. The molecule has 0 unspecified atom stereocenters. The Morgan fingerprint density at radius 3 is 2.96 bits per heavy atom. The number of fused-ring (bicyclic) bond motifs is 1. The Labute approximate surface area is 135 Å². The van der Waals surface area contributed by atoms with Crippen LogP contribution in [-0.4, -0.2) is 34.4 Å². The lowest BCUT2D eigenvalue weighted by Crippen LogP contribution is -2.32. The van der Waals surface area contributed by atoms with Crippen molar-refractivity contribution in [3.63, 3.8) is 0 Å². The van der Waals surface area contributed by atoms with Crippen LogP contribution in [0, 0.1) is 5.82 Å². The quantitative estimate of drug-likeness (QED) is 0.858. The van der Waals surface area contributed by atoms with Crippen LogP contribution in [-0.2, 0) is 6.54 Å². The normalized spacial score (nSPS) is 14.7. The van der Waals surface area contributed by atoms with Crippen LogP contribution in [0.2, 0.25) is 0 Å². The number of anilines is 1. The van der Waals surface area contributed by atoms with Crippen molar-refractivity contribution in [2.45, 2.75) is 24.3 Å². The number of rotatable bonds is 3. The van der Waals surface area contributed by atoms with Gasteiger partial charge in [0.2, 0.25) is 0 Å². The third-order valence-corrected chi connectivity index (χ3v) is 4.57. The molecule has 0 fully saturated rings. The van der Waals surface area contributed by atoms with Crippen molar-refractivity contribution >= 4 is 23.4 Å². The van der Waals surface area contributed by atoms with Gasteiger partial charge in [-0.3, -0.25) is 9.48 Å². The number of alkyl halides is 2. The first-order chi connectivity index (χ1) is 11.0. The topological polar surface area (TPSA) is 38.1 Å². The van der Waals surface area contributed by atoms with E-state index < -0.39 is 24.7 Å². The second-order valence-corrected chi connectivity index (χ2v) is 6.22. The van der Waals surface area contributed by atoms with Gasteiger partial charge in [0.15, 0.2) is 5.69 Å². The maximum Gasteiger partial charge on any atom is 0.278 e. The molecular formula is C15H14F3N3OS. The molecule has 0 saturated carbocycles. The van der Waals surface area contributed by atoms with Gasteiger partial charge in [0.05, 0.1) is 5.69 Å². The maximum absolute atomic E-state index is 13.6. The molecule has 1 aromatic carbocycles. The Hall–Kier alpha value is -1.96. The smallest absolute Gasteiger partial charge is 0.278 e. The minimum absolute atomic E-state index is 0.0766. The number of aromatic nitrogens is 2. The van der Waals surface area contributed by atoms with E-state index in [4.69, 9.17) is 0 Å². The highest BCUT2D eigenvalue weighted by Crippen LogP contribution is 2.35. The molecule has 4 nitrogen and oxygen atoms in total. The van der Waals surface area contributed by atoms with Crippen LogP contribution in [0.5, 0.6) is 0 Å². The molecule has 0 spiro atoms. The number of carbonyl (C=O) groups is 1. The molecule has 1 aliphatic rings. The predicted molar refractivity (Wildman–Crippen MR) is 81.6 cm³/mol. The van der Waals surface area contributed by atoms with Crippen molar-refractivity contribution in [2.75, 3.05) is 17.2 Å². The van der Waals surface area contributed by atoms with Crippen molar-refractivity contribution in [3.8, 4) is 0 Å². The average molecular weight is 341 g/mol. The number of halogens is 3. The van der Waals surface area contributed by atoms with E-state index in [-0.39, 0.29) is 5.69 Å². The lowest BCUT2D eigenvalue weighted by Gasteiger charge is -2.21. The number of thioether (sulfide) groups is 1. The minimum Gasteiger partial charge on any atom is -0.306 e. The van der Waals surface area contributed by atoms with E-state index in [0.29, 0.717) is 12.2 Å². The molecule has 1 aliphatic heterocycles. The first-order valence-electron chi connectivity index (χ1n) is 7.10. The third-order valence-electron chi connectivity index (χ3n) is 3.43. The zero-order chi connectivity index (χ0) is 16.4. The Morgan fingerprint density at radius 1 is 1.35 bits per heavy atom. The van der Waals surface area contributed by atoms with Gasteiger partial charge in [0.1, 0.15) is 12.4 Å². The average Bonchev–Trinajstić information content (AvgIpc) is 2.85. The van der Waals surface area contributed by atoms with Gasteiger partial charge < -0.3 is 4.90 Å². The zero-order valence-electron chi connectivity index (χ0n) is 12.1. The Bertz CT molecular complexity index is 720. The second-order valence-electron chi connectivity index (χ2n) is 5.08. The highest BCUT2D eigenvalue weighted by atomic mass is 32.2. The van der Waals surface area contributed by atoms with Crippen molar-refractivity contribution in [1.82, 2.24) is 9.78 Å². The molecule has 0 radical (unpaired) electrons. The van der Waals surface area contributed by atoms with Crippen LogP contribution < -0.4 is 4.90 Å². The van der Waals surface area contributed by atoms with E-state index >= 15 is 0 Å². The first-order valence-corrected chi connectivity index (χ1v) is 8.09. The van der Waals surface area contributed by atoms with Gasteiger partial charge in [-0.15, -0.1) is 11.8 Å². The van der Waals surface area contributed by atoms with Gasteiger partial charge in [-0.1, -0.05) is 0 Å². The summed E-state index contributed by atoms with van der Waals surface area (Å²) in [7, 11) is 0. The summed E-state index contributed by atoms with van der Waals surface area (Å²) in [6.45, 7) is -0.127. The second kappa shape index (κ2) is 6.66. The van der Waals surface area contributed by atoms with Crippen LogP contribution in [0.15, 0.2) is 35.4 Å². The minimum atomic E-state index is -2.54. The van der Waals surface area contributed by atoms with Crippen LogP contribution in [0.1, 0.15) is 16.9 Å². The van der Waals surface area contributed by atoms with Gasteiger partial charge in [-0.25, -0.2) is 13.2 Å². The summed E-state index contributed by atoms with van der Waals surface area (Å²) in [5.41, 5.74) is 0.577. The molecule has 1 amide bonds. The molecular weight excluding hydrogens is 327 g/mol. The van der Waals surface area contributed by atoms with E-state index in [9.17, 15) is 18.0 Å². The SMILES string of the molecule is O=C(c1ccn(CC(F)F)n1)N1CCCSc2ccc(F)cc21. The fourth-order valence-electron chi connectivity index (χ4n) is 2.42. The van der Waals surface area contributed by atoms with E-state index in [1.54, 1.807) is 17.8 Å². The summed E-state index contributed by atoms with van der Waals surface area (Å²) in [5.74, 6) is -0.0120. The van der Waals surface area contributed by atoms with Crippen molar-refractivity contribution in [2.24, 2.45) is 0 Å². The summed E-state index contributed by atoms with van der Waals surface area (Å²) in [5, 5.41) is 3.90. The van der Waals surface area contributed by atoms with Gasteiger partial charge in [0, 0.05) is 17.6 Å². The molecule has 23 heavy (non-hydrogen) atoms. The van der Waals surface area contributed by atoms with Crippen LogP contribution in [0.25, 0.3) is 0 Å². The Morgan fingerprint density at radius 2 is 2.17 bits per heavy atom. The van der Waals surface area contributed by atoms with Crippen molar-refractivity contribution < 1.29 is 18.0 Å². The zero-order valence-corrected chi connectivity index (χ0v) is 12.9. The van der Waals surface area contributed by atoms with E-state index in [0.717, 1.165) is 21.8 Å². The highest BCUT2D eigenvalue weighted by Gasteiger charge is 2.25. The molecule has 122 valence electrons. The first kappa shape index (κ1) is 15.9. The summed E-state index contributed by atoms with van der Waals surface area (Å²) < 4.78 is 39.4. The molecule has 3 rings (SSSR count). The molecule has 2 aromatic rings. The molecule has 0 N–H and O–H groups in total. The number of benzene rings is 1. The van der Waals surface area contributed by atoms with Crippen molar-refractivity contribution in [3.05, 3.63) is 42.0 Å². The highest BCUT2D eigenvalue weighted by molar-refractivity contribution is 7.99. The fourth-order valence-corrected chi connectivity index (χ4v) is 3.39. The number of hydrogen-bond donors (Lipinski definition) is 0.